The van der Waals surface area contributed by atoms with Gasteiger partial charge >= 0.3 is 0 Å². The average molecular weight is 281 g/mol. The van der Waals surface area contributed by atoms with Gasteiger partial charge in [0.05, 0.1) is 0 Å². The normalized spacial score (nSPS) is 11.1. The maximum atomic E-state index is 9.09. The summed E-state index contributed by atoms with van der Waals surface area (Å²) < 4.78 is 2.12. The Balaban J connectivity index is 1.97. The summed E-state index contributed by atoms with van der Waals surface area (Å²) in [6, 6.07) is 12.4. The van der Waals surface area contributed by atoms with Crippen molar-refractivity contribution < 1.29 is 5.11 Å². The minimum absolute atomic E-state index is 0.177. The van der Waals surface area contributed by atoms with Crippen LogP contribution in [0.4, 0.5) is 0 Å². The van der Waals surface area contributed by atoms with E-state index in [9.17, 15) is 0 Å². The highest BCUT2D eigenvalue weighted by molar-refractivity contribution is 5.71. The van der Waals surface area contributed by atoms with E-state index in [2.05, 4.69) is 40.7 Å². The van der Waals surface area contributed by atoms with E-state index in [0.717, 1.165) is 30.0 Å². The van der Waals surface area contributed by atoms with Gasteiger partial charge in [-0.2, -0.15) is 0 Å². The zero-order valence-corrected chi connectivity index (χ0v) is 12.2. The number of fused-ring (bicyclic) bond motifs is 1. The van der Waals surface area contributed by atoms with Crippen LogP contribution in [0.2, 0.25) is 0 Å². The number of aliphatic hydroxyl groups is 1. The lowest BCUT2D eigenvalue weighted by atomic mass is 10.1. The van der Waals surface area contributed by atoms with Crippen molar-refractivity contribution in [3.05, 3.63) is 59.5 Å². The van der Waals surface area contributed by atoms with Crippen molar-refractivity contribution in [3.63, 3.8) is 0 Å². The summed E-state index contributed by atoms with van der Waals surface area (Å²) in [7, 11) is 0. The molecule has 2 aromatic heterocycles. The lowest BCUT2D eigenvalue weighted by Gasteiger charge is -2.08. The van der Waals surface area contributed by atoms with Crippen LogP contribution >= 0.6 is 0 Å². The van der Waals surface area contributed by atoms with E-state index < -0.39 is 0 Å². The Labute approximate surface area is 124 Å². The molecule has 0 atom stereocenters. The van der Waals surface area contributed by atoms with Crippen molar-refractivity contribution in [2.75, 3.05) is 6.61 Å². The minimum atomic E-state index is 0.177. The van der Waals surface area contributed by atoms with Gasteiger partial charge in [-0.15, -0.1) is 0 Å². The first-order chi connectivity index (χ1) is 10.3. The van der Waals surface area contributed by atoms with Crippen LogP contribution < -0.4 is 0 Å². The Hall–Kier alpha value is -2.20. The third kappa shape index (κ3) is 2.95. The standard InChI is InChI=1S/C17H19N3O/c1-13-5-7-14(8-6-13)12-16-19-15-4-2-9-18-17(15)20(16)10-3-11-21/h2,4-9,21H,3,10-12H2,1H3. The Bertz CT molecular complexity index is 731. The molecule has 0 unspecified atom stereocenters. The van der Waals surface area contributed by atoms with Gasteiger partial charge in [-0.25, -0.2) is 9.97 Å². The van der Waals surface area contributed by atoms with Crippen LogP contribution in [0.3, 0.4) is 0 Å². The Morgan fingerprint density at radius 1 is 1.14 bits per heavy atom. The van der Waals surface area contributed by atoms with Gasteiger partial charge in [0.15, 0.2) is 5.65 Å². The Morgan fingerprint density at radius 3 is 2.71 bits per heavy atom. The highest BCUT2D eigenvalue weighted by Crippen LogP contribution is 2.17. The zero-order chi connectivity index (χ0) is 14.7. The van der Waals surface area contributed by atoms with Gasteiger partial charge in [0.25, 0.3) is 0 Å². The number of aliphatic hydroxyl groups excluding tert-OH is 1. The van der Waals surface area contributed by atoms with Crippen molar-refractivity contribution in [1.82, 2.24) is 14.5 Å². The molecular weight excluding hydrogens is 262 g/mol. The van der Waals surface area contributed by atoms with Crippen LogP contribution in [0.15, 0.2) is 42.6 Å². The fourth-order valence-electron chi connectivity index (χ4n) is 2.49. The summed E-state index contributed by atoms with van der Waals surface area (Å²) in [6.07, 6.45) is 3.28. The predicted octanol–water partition coefficient (Wildman–Crippen LogP) is 2.71. The van der Waals surface area contributed by atoms with E-state index in [4.69, 9.17) is 10.1 Å². The average Bonchev–Trinajstić information content (AvgIpc) is 2.85. The van der Waals surface area contributed by atoms with Crippen molar-refractivity contribution in [2.45, 2.75) is 26.3 Å². The number of hydrogen-bond acceptors (Lipinski definition) is 3. The van der Waals surface area contributed by atoms with Crippen LogP contribution in [0.5, 0.6) is 0 Å². The Kier molecular flexibility index (Phi) is 3.97. The van der Waals surface area contributed by atoms with Crippen LogP contribution in [-0.2, 0) is 13.0 Å². The summed E-state index contributed by atoms with van der Waals surface area (Å²) in [5.74, 6) is 1.00. The van der Waals surface area contributed by atoms with Gasteiger partial charge in [-0.3, -0.25) is 0 Å². The Morgan fingerprint density at radius 2 is 1.95 bits per heavy atom. The number of aryl methyl sites for hydroxylation is 2. The molecule has 0 aliphatic rings. The molecule has 1 aromatic carbocycles. The van der Waals surface area contributed by atoms with E-state index in [1.165, 1.54) is 11.1 Å². The number of aromatic nitrogens is 3. The summed E-state index contributed by atoms with van der Waals surface area (Å²) >= 11 is 0. The third-order valence-corrected chi connectivity index (χ3v) is 3.61. The highest BCUT2D eigenvalue weighted by Gasteiger charge is 2.11. The van der Waals surface area contributed by atoms with Gasteiger partial charge in [0, 0.05) is 25.8 Å². The largest absolute Gasteiger partial charge is 0.396 e. The second-order valence-electron chi connectivity index (χ2n) is 5.27. The number of imidazole rings is 1. The molecule has 108 valence electrons. The van der Waals surface area contributed by atoms with Gasteiger partial charge < -0.3 is 9.67 Å². The number of pyridine rings is 1. The smallest absolute Gasteiger partial charge is 0.159 e. The zero-order valence-electron chi connectivity index (χ0n) is 12.2. The summed E-state index contributed by atoms with van der Waals surface area (Å²) in [5, 5.41) is 9.09. The fraction of sp³-hybridized carbons (Fsp3) is 0.294. The molecule has 0 aliphatic heterocycles. The molecule has 0 radical (unpaired) electrons. The second-order valence-corrected chi connectivity index (χ2v) is 5.27. The van der Waals surface area contributed by atoms with E-state index in [-0.39, 0.29) is 6.61 Å². The summed E-state index contributed by atoms with van der Waals surface area (Å²) in [5.41, 5.74) is 4.31. The SMILES string of the molecule is Cc1ccc(Cc2nc3cccnc3n2CCCO)cc1. The van der Waals surface area contributed by atoms with Crippen LogP contribution in [0.25, 0.3) is 11.2 Å². The van der Waals surface area contributed by atoms with Gasteiger partial charge in [0.2, 0.25) is 0 Å². The van der Waals surface area contributed by atoms with E-state index in [1.807, 2.05) is 12.1 Å². The van der Waals surface area contributed by atoms with Gasteiger partial charge in [-0.1, -0.05) is 29.8 Å². The highest BCUT2D eigenvalue weighted by atomic mass is 16.3. The maximum absolute atomic E-state index is 9.09. The number of hydrogen-bond donors (Lipinski definition) is 1. The molecule has 4 nitrogen and oxygen atoms in total. The lowest BCUT2D eigenvalue weighted by Crippen LogP contribution is -2.07. The van der Waals surface area contributed by atoms with Crippen LogP contribution in [0.1, 0.15) is 23.4 Å². The molecule has 3 aromatic rings. The number of rotatable bonds is 5. The van der Waals surface area contributed by atoms with Crippen molar-refractivity contribution >= 4 is 11.2 Å². The minimum Gasteiger partial charge on any atom is -0.396 e. The molecule has 3 rings (SSSR count). The summed E-state index contributed by atoms with van der Waals surface area (Å²) in [6.45, 7) is 3.01. The van der Waals surface area contributed by atoms with E-state index in [1.54, 1.807) is 6.20 Å². The molecular formula is C17H19N3O. The number of nitrogens with zero attached hydrogens (tertiary/aromatic N) is 3. The molecule has 2 heterocycles. The topological polar surface area (TPSA) is 50.9 Å². The van der Waals surface area contributed by atoms with Crippen molar-refractivity contribution in [1.29, 1.82) is 0 Å². The van der Waals surface area contributed by atoms with Crippen molar-refractivity contribution in [2.24, 2.45) is 0 Å². The molecule has 0 saturated carbocycles. The van der Waals surface area contributed by atoms with Gasteiger partial charge in [0.1, 0.15) is 11.3 Å². The molecule has 0 bridgehead atoms. The molecule has 1 N–H and O–H groups in total. The second kappa shape index (κ2) is 6.06. The van der Waals surface area contributed by atoms with E-state index in [0.29, 0.717) is 6.42 Å². The van der Waals surface area contributed by atoms with Gasteiger partial charge in [-0.05, 0) is 31.0 Å². The number of benzene rings is 1. The predicted molar refractivity (Wildman–Crippen MR) is 83.2 cm³/mol. The summed E-state index contributed by atoms with van der Waals surface area (Å²) in [4.78, 5) is 9.13. The molecule has 0 aliphatic carbocycles. The quantitative estimate of drug-likeness (QED) is 0.782. The first-order valence-corrected chi connectivity index (χ1v) is 7.24. The monoisotopic (exact) mass is 281 g/mol. The lowest BCUT2D eigenvalue weighted by molar-refractivity contribution is 0.280. The van der Waals surface area contributed by atoms with Crippen LogP contribution in [0, 0.1) is 6.92 Å². The molecule has 0 amide bonds. The van der Waals surface area contributed by atoms with E-state index >= 15 is 0 Å². The first kappa shape index (κ1) is 13.8. The molecule has 0 fully saturated rings. The van der Waals surface area contributed by atoms with Crippen molar-refractivity contribution in [3.8, 4) is 0 Å². The fourth-order valence-corrected chi connectivity index (χ4v) is 2.49. The van der Waals surface area contributed by atoms with Crippen LogP contribution in [-0.4, -0.2) is 26.2 Å². The molecule has 0 spiro atoms. The molecule has 0 saturated heterocycles. The molecule has 21 heavy (non-hydrogen) atoms. The molecule has 4 heteroatoms. The third-order valence-electron chi connectivity index (χ3n) is 3.61. The maximum Gasteiger partial charge on any atom is 0.159 e. The first-order valence-electron chi connectivity index (χ1n) is 7.24.